The van der Waals surface area contributed by atoms with Crippen molar-refractivity contribution in [3.8, 4) is 5.75 Å². The second kappa shape index (κ2) is 13.6. The Morgan fingerprint density at radius 2 is 1.63 bits per heavy atom. The average molecular weight is 633 g/mol. The number of hydrogen-bond acceptors (Lipinski definition) is 9. The van der Waals surface area contributed by atoms with Gasteiger partial charge in [0.25, 0.3) is 5.69 Å². The molecule has 1 aliphatic rings. The molecule has 0 unspecified atom stereocenters. The highest BCUT2D eigenvalue weighted by Gasteiger charge is 2.44. The number of benzene rings is 2. The minimum Gasteiger partial charge on any atom is -0.444 e. The van der Waals surface area contributed by atoms with Gasteiger partial charge in [-0.2, -0.15) is 5.06 Å². The number of hydroxylamine groups is 2. The number of non-ortho nitro benzene ring substituents is 1. The molecule has 222 valence electrons. The maximum atomic E-state index is 13.2. The summed E-state index contributed by atoms with van der Waals surface area (Å²) in [5.74, 6) is -0.755. The van der Waals surface area contributed by atoms with E-state index in [2.05, 4.69) is 0 Å². The third-order valence-corrected chi connectivity index (χ3v) is 5.88. The van der Waals surface area contributed by atoms with Crippen LogP contribution in [0.25, 0.3) is 0 Å². The highest BCUT2D eigenvalue weighted by Crippen LogP contribution is 2.31. The van der Waals surface area contributed by atoms with Crippen LogP contribution in [0.3, 0.4) is 0 Å². The summed E-state index contributed by atoms with van der Waals surface area (Å²) in [4.78, 5) is 56.6. The van der Waals surface area contributed by atoms with Gasteiger partial charge in [-0.3, -0.25) is 19.9 Å². The Labute approximate surface area is 251 Å². The zero-order valence-corrected chi connectivity index (χ0v) is 24.6. The van der Waals surface area contributed by atoms with Crippen LogP contribution in [0.2, 0.25) is 0 Å². The number of rotatable bonds is 7. The molecule has 0 spiro atoms. The highest BCUT2D eigenvalue weighted by molar-refractivity contribution is 6.66. The van der Waals surface area contributed by atoms with Gasteiger partial charge in [-0.1, -0.05) is 30.3 Å². The van der Waals surface area contributed by atoms with Gasteiger partial charge in [-0.05, 0) is 86.1 Å². The summed E-state index contributed by atoms with van der Waals surface area (Å²) in [5, 5.41) is 11.8. The molecule has 12 nitrogen and oxygen atoms in total. The summed E-state index contributed by atoms with van der Waals surface area (Å²) < 4.78 is 13.4. The summed E-state index contributed by atoms with van der Waals surface area (Å²) >= 11 is 17.0. The summed E-state index contributed by atoms with van der Waals surface area (Å²) in [6.45, 7) is 4.70. The molecule has 1 saturated heterocycles. The Morgan fingerprint density at radius 3 is 2.20 bits per heavy atom. The topological polar surface area (TPSA) is 138 Å². The number of amides is 2. The van der Waals surface area contributed by atoms with E-state index in [4.69, 9.17) is 53.9 Å². The Morgan fingerprint density at radius 1 is 1.00 bits per heavy atom. The van der Waals surface area contributed by atoms with Crippen LogP contribution in [-0.4, -0.2) is 61.3 Å². The van der Waals surface area contributed by atoms with E-state index in [0.29, 0.717) is 0 Å². The van der Waals surface area contributed by atoms with Crippen LogP contribution in [-0.2, 0) is 25.7 Å². The number of carbonyl (C=O) groups excluding carboxylic acids is 3. The number of halogens is 3. The molecule has 0 aromatic heterocycles. The van der Waals surface area contributed by atoms with Crippen molar-refractivity contribution in [2.75, 3.05) is 6.54 Å². The minimum absolute atomic E-state index is 0.0297. The molecule has 0 N–H and O–H groups in total. The van der Waals surface area contributed by atoms with E-state index in [1.54, 1.807) is 45.0 Å². The molecule has 2 aromatic rings. The van der Waals surface area contributed by atoms with Gasteiger partial charge in [0.15, 0.2) is 0 Å². The lowest BCUT2D eigenvalue weighted by molar-refractivity contribution is -0.384. The lowest BCUT2D eigenvalue weighted by Gasteiger charge is -2.41. The quantitative estimate of drug-likeness (QED) is 0.115. The third kappa shape index (κ3) is 9.92. The number of likely N-dealkylation sites (tertiary alicyclic amines) is 1. The van der Waals surface area contributed by atoms with Crippen molar-refractivity contribution in [1.82, 2.24) is 9.96 Å². The normalized spacial score (nSPS) is 17.4. The molecule has 1 aliphatic heterocycles. The van der Waals surface area contributed by atoms with Crippen molar-refractivity contribution in [2.24, 2.45) is 0 Å². The van der Waals surface area contributed by atoms with Crippen LogP contribution < -0.4 is 4.74 Å². The van der Waals surface area contributed by atoms with Crippen LogP contribution in [0.15, 0.2) is 54.6 Å². The Hall–Kier alpha value is -3.32. The van der Waals surface area contributed by atoms with Crippen LogP contribution in [0.4, 0.5) is 15.3 Å². The predicted octanol–water partition coefficient (Wildman–Crippen LogP) is 6.17. The fourth-order valence-electron chi connectivity index (χ4n) is 3.90. The second-order valence-electron chi connectivity index (χ2n) is 9.95. The molecule has 2 atom stereocenters. The molecule has 41 heavy (non-hydrogen) atoms. The zero-order chi connectivity index (χ0) is 30.4. The van der Waals surface area contributed by atoms with Crippen LogP contribution in [0.5, 0.6) is 5.75 Å². The summed E-state index contributed by atoms with van der Waals surface area (Å²) in [6.07, 6.45) is -1.78. The fraction of sp³-hybridized carbons (Fsp3) is 0.423. The van der Waals surface area contributed by atoms with Crippen LogP contribution in [0, 0.1) is 10.1 Å². The van der Waals surface area contributed by atoms with Gasteiger partial charge < -0.3 is 14.2 Å². The van der Waals surface area contributed by atoms with E-state index in [0.717, 1.165) is 15.5 Å². The first-order valence-electron chi connectivity index (χ1n) is 12.3. The SMILES string of the molecule is CC(C)(C)OC(=O)N1C[C@H](N(OCc2ccccc2)C(=O)OC(Cl)(Cl)Cl)CC[C@H]1C(=O)Oc1ccc([N+](=O)[O-])cc1. The predicted molar refractivity (Wildman–Crippen MR) is 148 cm³/mol. The van der Waals surface area contributed by atoms with Gasteiger partial charge in [0.1, 0.15) is 24.0 Å². The van der Waals surface area contributed by atoms with E-state index in [-0.39, 0.29) is 37.4 Å². The number of nitro groups is 1. The maximum Gasteiger partial charge on any atom is 0.437 e. The highest BCUT2D eigenvalue weighted by atomic mass is 35.6. The van der Waals surface area contributed by atoms with E-state index in [1.807, 2.05) is 6.07 Å². The van der Waals surface area contributed by atoms with Crippen LogP contribution in [0.1, 0.15) is 39.2 Å². The maximum absolute atomic E-state index is 13.2. The Bertz CT molecular complexity index is 1230. The molecule has 1 fully saturated rings. The van der Waals surface area contributed by atoms with Crippen molar-refractivity contribution in [2.45, 2.75) is 61.9 Å². The number of esters is 1. The van der Waals surface area contributed by atoms with Crippen molar-refractivity contribution in [3.05, 3.63) is 70.3 Å². The van der Waals surface area contributed by atoms with E-state index >= 15 is 0 Å². The van der Waals surface area contributed by atoms with Gasteiger partial charge >= 0.3 is 22.1 Å². The fourth-order valence-corrected chi connectivity index (χ4v) is 4.10. The Kier molecular flexibility index (Phi) is 10.6. The molecule has 3 rings (SSSR count). The number of carbonyl (C=O) groups is 3. The lowest BCUT2D eigenvalue weighted by Crippen LogP contribution is -2.58. The molecule has 0 saturated carbocycles. The zero-order valence-electron chi connectivity index (χ0n) is 22.3. The molecule has 2 amide bonds. The van der Waals surface area contributed by atoms with Crippen molar-refractivity contribution in [1.29, 1.82) is 0 Å². The molecule has 0 radical (unpaired) electrons. The number of alkyl halides is 3. The molecule has 1 heterocycles. The first kappa shape index (κ1) is 32.2. The van der Waals surface area contributed by atoms with E-state index < -0.39 is 44.7 Å². The molecule has 0 bridgehead atoms. The summed E-state index contributed by atoms with van der Waals surface area (Å²) in [7, 11) is 0. The van der Waals surface area contributed by atoms with E-state index in [1.165, 1.54) is 24.3 Å². The van der Waals surface area contributed by atoms with E-state index in [9.17, 15) is 24.5 Å². The minimum atomic E-state index is -2.39. The number of piperidine rings is 1. The van der Waals surface area contributed by atoms with Crippen molar-refractivity contribution in [3.63, 3.8) is 0 Å². The number of nitrogens with zero attached hydrogens (tertiary/aromatic N) is 3. The largest absolute Gasteiger partial charge is 0.444 e. The molecule has 15 heteroatoms. The second-order valence-corrected chi connectivity index (χ2v) is 12.1. The van der Waals surface area contributed by atoms with Gasteiger partial charge in [0.05, 0.1) is 11.0 Å². The van der Waals surface area contributed by atoms with Gasteiger partial charge in [-0.15, -0.1) is 0 Å². The lowest BCUT2D eigenvalue weighted by atomic mass is 9.98. The molecule has 2 aromatic carbocycles. The smallest absolute Gasteiger partial charge is 0.437 e. The van der Waals surface area contributed by atoms with Crippen molar-refractivity contribution < 1.29 is 38.4 Å². The molecular formula is C26H28Cl3N3O9. The summed E-state index contributed by atoms with van der Waals surface area (Å²) in [6, 6.07) is 11.9. The number of ether oxygens (including phenoxy) is 3. The summed E-state index contributed by atoms with van der Waals surface area (Å²) in [5.41, 5.74) is -0.365. The monoisotopic (exact) mass is 631 g/mol. The van der Waals surface area contributed by atoms with Crippen LogP contribution >= 0.6 is 34.8 Å². The first-order valence-corrected chi connectivity index (χ1v) is 13.5. The standard InChI is InChI=1S/C26H28Cl3N3O9/c1-25(2,3)40-23(34)30-15-19(11-14-21(30)22(33)39-20-12-9-18(10-13-20)32(36)37)31(24(35)41-26(27,28)29)38-16-17-7-5-4-6-8-17/h4-10,12-13,19,21H,11,14-16H2,1-3H3/t19-,21+/m1/s1. The average Bonchev–Trinajstić information content (AvgIpc) is 2.87. The number of nitro benzene ring substituents is 1. The van der Waals surface area contributed by atoms with Gasteiger partial charge in [0.2, 0.25) is 0 Å². The first-order chi connectivity index (χ1) is 19.1. The third-order valence-electron chi connectivity index (χ3n) is 5.65. The molecular weight excluding hydrogens is 605 g/mol. The number of hydrogen-bond donors (Lipinski definition) is 0. The van der Waals surface area contributed by atoms with Gasteiger partial charge in [0, 0.05) is 18.7 Å². The van der Waals surface area contributed by atoms with Crippen molar-refractivity contribution >= 4 is 58.6 Å². The molecule has 0 aliphatic carbocycles. The van der Waals surface area contributed by atoms with Gasteiger partial charge in [-0.25, -0.2) is 14.4 Å². The Balaban J connectivity index is 1.84.